The standard InChI is InChI=1S/C15H16OS/c1-11(15(2,3)16)17-14-9-8-12-6-4-5-7-13(12)10-14/h4-10,16H,1H2,2-3H3. The van der Waals surface area contributed by atoms with Gasteiger partial charge in [-0.05, 0) is 36.8 Å². The molecule has 0 aromatic heterocycles. The molecule has 17 heavy (non-hydrogen) atoms. The minimum Gasteiger partial charge on any atom is -0.385 e. The Hall–Kier alpha value is -1.25. The average molecular weight is 244 g/mol. The van der Waals surface area contributed by atoms with E-state index in [4.69, 9.17) is 0 Å². The van der Waals surface area contributed by atoms with E-state index in [9.17, 15) is 5.11 Å². The largest absolute Gasteiger partial charge is 0.385 e. The zero-order chi connectivity index (χ0) is 12.5. The third-order valence-corrected chi connectivity index (χ3v) is 3.88. The number of hydrogen-bond donors (Lipinski definition) is 1. The van der Waals surface area contributed by atoms with Crippen LogP contribution in [0.4, 0.5) is 0 Å². The Bertz CT molecular complexity index is 552. The molecule has 1 N–H and O–H groups in total. The van der Waals surface area contributed by atoms with Gasteiger partial charge < -0.3 is 5.11 Å². The molecule has 2 aromatic carbocycles. The Morgan fingerprint density at radius 2 is 1.76 bits per heavy atom. The van der Waals surface area contributed by atoms with Crippen LogP contribution in [0.5, 0.6) is 0 Å². The lowest BCUT2D eigenvalue weighted by molar-refractivity contribution is 0.129. The van der Waals surface area contributed by atoms with Crippen LogP contribution >= 0.6 is 11.8 Å². The smallest absolute Gasteiger partial charge is 0.0896 e. The van der Waals surface area contributed by atoms with E-state index in [1.807, 2.05) is 12.1 Å². The van der Waals surface area contributed by atoms with Gasteiger partial charge in [-0.2, -0.15) is 0 Å². The summed E-state index contributed by atoms with van der Waals surface area (Å²) < 4.78 is 0. The highest BCUT2D eigenvalue weighted by molar-refractivity contribution is 8.03. The maximum atomic E-state index is 9.84. The van der Waals surface area contributed by atoms with Gasteiger partial charge in [-0.3, -0.25) is 0 Å². The molecule has 0 spiro atoms. The Kier molecular flexibility index (Phi) is 3.27. The summed E-state index contributed by atoms with van der Waals surface area (Å²) in [5.74, 6) is 0. The normalized spacial score (nSPS) is 11.7. The summed E-state index contributed by atoms with van der Waals surface area (Å²) in [6, 6.07) is 14.5. The van der Waals surface area contributed by atoms with Gasteiger partial charge in [-0.1, -0.05) is 48.7 Å². The van der Waals surface area contributed by atoms with Gasteiger partial charge in [0, 0.05) is 9.80 Å². The van der Waals surface area contributed by atoms with E-state index >= 15 is 0 Å². The quantitative estimate of drug-likeness (QED) is 0.816. The van der Waals surface area contributed by atoms with Crippen LogP contribution in [-0.4, -0.2) is 10.7 Å². The van der Waals surface area contributed by atoms with Crippen LogP contribution in [0.2, 0.25) is 0 Å². The van der Waals surface area contributed by atoms with E-state index < -0.39 is 5.60 Å². The molecule has 0 unspecified atom stereocenters. The molecule has 2 rings (SSSR count). The average Bonchev–Trinajstić information content (AvgIpc) is 2.27. The molecule has 2 aromatic rings. The van der Waals surface area contributed by atoms with Crippen molar-refractivity contribution in [2.75, 3.05) is 0 Å². The highest BCUT2D eigenvalue weighted by atomic mass is 32.2. The molecule has 88 valence electrons. The number of fused-ring (bicyclic) bond motifs is 1. The Morgan fingerprint density at radius 1 is 1.12 bits per heavy atom. The highest BCUT2D eigenvalue weighted by Gasteiger charge is 2.18. The van der Waals surface area contributed by atoms with Gasteiger partial charge in [0.1, 0.15) is 0 Å². The van der Waals surface area contributed by atoms with Gasteiger partial charge in [0.2, 0.25) is 0 Å². The fraction of sp³-hybridized carbons (Fsp3) is 0.200. The van der Waals surface area contributed by atoms with Gasteiger partial charge in [-0.25, -0.2) is 0 Å². The van der Waals surface area contributed by atoms with Crippen molar-refractivity contribution in [3.05, 3.63) is 53.9 Å². The molecule has 0 fully saturated rings. The lowest BCUT2D eigenvalue weighted by Gasteiger charge is -2.19. The molecule has 0 saturated carbocycles. The predicted molar refractivity (Wildman–Crippen MR) is 75.2 cm³/mol. The zero-order valence-corrected chi connectivity index (χ0v) is 10.9. The molecule has 0 bridgehead atoms. The lowest BCUT2D eigenvalue weighted by Crippen LogP contribution is -2.18. The van der Waals surface area contributed by atoms with Crippen molar-refractivity contribution in [1.29, 1.82) is 0 Å². The summed E-state index contributed by atoms with van der Waals surface area (Å²) in [6.45, 7) is 7.42. The first-order valence-electron chi connectivity index (χ1n) is 5.55. The fourth-order valence-corrected chi connectivity index (χ4v) is 2.35. The van der Waals surface area contributed by atoms with Crippen molar-refractivity contribution in [3.8, 4) is 0 Å². The molecule has 0 saturated heterocycles. The molecule has 0 aliphatic heterocycles. The molecular weight excluding hydrogens is 228 g/mol. The maximum absolute atomic E-state index is 9.84. The van der Waals surface area contributed by atoms with Gasteiger partial charge >= 0.3 is 0 Å². The van der Waals surface area contributed by atoms with Gasteiger partial charge in [0.25, 0.3) is 0 Å². The van der Waals surface area contributed by atoms with Crippen molar-refractivity contribution in [2.45, 2.75) is 24.3 Å². The number of hydrogen-bond acceptors (Lipinski definition) is 2. The summed E-state index contributed by atoms with van der Waals surface area (Å²) >= 11 is 1.52. The number of rotatable bonds is 3. The summed E-state index contributed by atoms with van der Waals surface area (Å²) in [7, 11) is 0. The Balaban J connectivity index is 2.29. The first kappa shape index (κ1) is 12.2. The third kappa shape index (κ3) is 2.90. The second-order valence-electron chi connectivity index (χ2n) is 4.59. The van der Waals surface area contributed by atoms with Crippen molar-refractivity contribution in [1.82, 2.24) is 0 Å². The topological polar surface area (TPSA) is 20.2 Å². The van der Waals surface area contributed by atoms with Crippen LogP contribution in [0, 0.1) is 0 Å². The van der Waals surface area contributed by atoms with Gasteiger partial charge in [0.05, 0.1) is 5.60 Å². The van der Waals surface area contributed by atoms with E-state index in [1.54, 1.807) is 13.8 Å². The number of benzene rings is 2. The van der Waals surface area contributed by atoms with E-state index in [0.29, 0.717) is 0 Å². The number of aliphatic hydroxyl groups is 1. The summed E-state index contributed by atoms with van der Waals surface area (Å²) in [5.41, 5.74) is -0.851. The molecule has 0 aliphatic carbocycles. The van der Waals surface area contributed by atoms with E-state index in [1.165, 1.54) is 22.5 Å². The van der Waals surface area contributed by atoms with E-state index in [2.05, 4.69) is 36.9 Å². The van der Waals surface area contributed by atoms with Crippen LogP contribution in [0.1, 0.15) is 13.8 Å². The van der Waals surface area contributed by atoms with Crippen LogP contribution in [0.3, 0.4) is 0 Å². The molecule has 0 atom stereocenters. The molecular formula is C15H16OS. The maximum Gasteiger partial charge on any atom is 0.0896 e. The van der Waals surface area contributed by atoms with Crippen molar-refractivity contribution in [2.24, 2.45) is 0 Å². The predicted octanol–water partition coefficient (Wildman–Crippen LogP) is 4.22. The summed E-state index contributed by atoms with van der Waals surface area (Å²) in [6.07, 6.45) is 0. The molecule has 0 radical (unpaired) electrons. The SMILES string of the molecule is C=C(Sc1ccc2ccccc2c1)C(C)(C)O. The molecule has 0 heterocycles. The molecule has 2 heteroatoms. The zero-order valence-electron chi connectivity index (χ0n) is 10.1. The van der Waals surface area contributed by atoms with Crippen molar-refractivity contribution >= 4 is 22.5 Å². The summed E-state index contributed by atoms with van der Waals surface area (Å²) in [4.78, 5) is 1.86. The van der Waals surface area contributed by atoms with Crippen molar-refractivity contribution < 1.29 is 5.11 Å². The van der Waals surface area contributed by atoms with E-state index in [-0.39, 0.29) is 0 Å². The van der Waals surface area contributed by atoms with Crippen molar-refractivity contribution in [3.63, 3.8) is 0 Å². The van der Waals surface area contributed by atoms with Gasteiger partial charge in [0.15, 0.2) is 0 Å². The third-order valence-electron chi connectivity index (χ3n) is 2.64. The first-order valence-corrected chi connectivity index (χ1v) is 6.37. The first-order chi connectivity index (χ1) is 7.97. The highest BCUT2D eigenvalue weighted by Crippen LogP contribution is 2.33. The van der Waals surface area contributed by atoms with Crippen LogP contribution in [-0.2, 0) is 0 Å². The fourth-order valence-electron chi connectivity index (χ4n) is 1.50. The van der Waals surface area contributed by atoms with Crippen LogP contribution in [0.15, 0.2) is 58.8 Å². The monoisotopic (exact) mass is 244 g/mol. The number of thioether (sulfide) groups is 1. The van der Waals surface area contributed by atoms with Gasteiger partial charge in [-0.15, -0.1) is 0 Å². The summed E-state index contributed by atoms with van der Waals surface area (Å²) in [5, 5.41) is 12.3. The molecule has 0 aliphatic rings. The minimum absolute atomic E-state index is 0.757. The minimum atomic E-state index is -0.851. The Labute approximate surface area is 106 Å². The lowest BCUT2D eigenvalue weighted by atomic mass is 10.1. The molecule has 1 nitrogen and oxygen atoms in total. The second-order valence-corrected chi connectivity index (χ2v) is 5.76. The Morgan fingerprint density at radius 3 is 2.41 bits per heavy atom. The molecule has 0 amide bonds. The van der Waals surface area contributed by atoms with E-state index in [0.717, 1.165) is 9.80 Å². The second kappa shape index (κ2) is 4.55. The van der Waals surface area contributed by atoms with Crippen LogP contribution < -0.4 is 0 Å². The van der Waals surface area contributed by atoms with Crippen LogP contribution in [0.25, 0.3) is 10.8 Å².